The zero-order valence-electron chi connectivity index (χ0n) is 24.6. The van der Waals surface area contributed by atoms with E-state index in [0.29, 0.717) is 23.6 Å². The summed E-state index contributed by atoms with van der Waals surface area (Å²) in [7, 11) is 0. The van der Waals surface area contributed by atoms with E-state index < -0.39 is 5.82 Å². The molecular weight excluding hydrogens is 561 g/mol. The van der Waals surface area contributed by atoms with Crippen LogP contribution in [0.5, 0.6) is 0 Å². The lowest BCUT2D eigenvalue weighted by Crippen LogP contribution is -2.23. The zero-order valence-corrected chi connectivity index (χ0v) is 25.4. The number of carbonyl (C=O) groups is 1. The van der Waals surface area contributed by atoms with Crippen LogP contribution in [-0.2, 0) is 11.2 Å². The molecule has 0 radical (unpaired) electrons. The number of fused-ring (bicyclic) bond motifs is 1. The first-order valence-corrected chi connectivity index (χ1v) is 16.2. The van der Waals surface area contributed by atoms with Crippen molar-refractivity contribution in [3.05, 3.63) is 83.1 Å². The van der Waals surface area contributed by atoms with Gasteiger partial charge >= 0.3 is 0 Å². The van der Waals surface area contributed by atoms with E-state index in [2.05, 4.69) is 22.3 Å². The number of carbonyl (C=O) groups excluding carboxylic acids is 1. The largest absolute Gasteiger partial charge is 0.356 e. The summed E-state index contributed by atoms with van der Waals surface area (Å²) in [5, 5.41) is 8.77. The number of ether oxygens (including phenoxy) is 1. The molecule has 1 atom stereocenters. The number of likely N-dealkylation sites (tertiary alicyclic amines) is 1. The van der Waals surface area contributed by atoms with Gasteiger partial charge in [-0.1, -0.05) is 23.9 Å². The number of hydrogen-bond acceptors (Lipinski definition) is 6. The van der Waals surface area contributed by atoms with Crippen LogP contribution >= 0.6 is 11.8 Å². The van der Waals surface area contributed by atoms with Gasteiger partial charge in [0, 0.05) is 42.1 Å². The van der Waals surface area contributed by atoms with E-state index >= 15 is 0 Å². The van der Waals surface area contributed by atoms with Crippen molar-refractivity contribution in [2.24, 2.45) is 0 Å². The van der Waals surface area contributed by atoms with Crippen molar-refractivity contribution in [1.82, 2.24) is 25.0 Å². The maximum atomic E-state index is 15.0. The minimum Gasteiger partial charge on any atom is -0.356 e. The maximum Gasteiger partial charge on any atom is 0.252 e. The molecule has 6 rings (SSSR count). The lowest BCUT2D eigenvalue weighted by atomic mass is 10.1. The molecule has 1 amide bonds. The molecule has 43 heavy (non-hydrogen) atoms. The molecule has 2 aliphatic heterocycles. The lowest BCUT2D eigenvalue weighted by Gasteiger charge is -2.23. The number of aromatic nitrogens is 3. The van der Waals surface area contributed by atoms with Crippen molar-refractivity contribution in [3.8, 4) is 0 Å². The lowest BCUT2D eigenvalue weighted by molar-refractivity contribution is -0.0367. The van der Waals surface area contributed by atoms with Crippen LogP contribution in [0.3, 0.4) is 0 Å². The van der Waals surface area contributed by atoms with Crippen molar-refractivity contribution >= 4 is 40.7 Å². The summed E-state index contributed by atoms with van der Waals surface area (Å²) in [5.74, 6) is -0.705. The Bertz CT molecular complexity index is 1610. The molecule has 1 unspecified atom stereocenters. The monoisotopic (exact) mass is 599 g/mol. The van der Waals surface area contributed by atoms with Gasteiger partial charge in [-0.2, -0.15) is 5.10 Å². The van der Waals surface area contributed by atoms with Gasteiger partial charge in [-0.15, -0.1) is 0 Å². The highest BCUT2D eigenvalue weighted by molar-refractivity contribution is 7.99. The molecule has 7 nitrogen and oxygen atoms in total. The van der Waals surface area contributed by atoms with Gasteiger partial charge in [0.2, 0.25) is 0 Å². The molecule has 2 aromatic heterocycles. The molecular formula is C34H38FN5O2S. The van der Waals surface area contributed by atoms with Gasteiger partial charge < -0.3 is 15.0 Å². The molecule has 4 heterocycles. The highest BCUT2D eigenvalue weighted by Gasteiger charge is 2.22. The minimum atomic E-state index is -0.420. The third-order valence-corrected chi connectivity index (χ3v) is 9.14. The van der Waals surface area contributed by atoms with Crippen LogP contribution in [0, 0.1) is 5.82 Å². The highest BCUT2D eigenvalue weighted by atomic mass is 32.2. The second-order valence-electron chi connectivity index (χ2n) is 11.1. The van der Waals surface area contributed by atoms with Gasteiger partial charge in [-0.3, -0.25) is 9.78 Å². The van der Waals surface area contributed by atoms with Gasteiger partial charge in [0.05, 0.1) is 27.4 Å². The normalized spacial score (nSPS) is 17.7. The van der Waals surface area contributed by atoms with E-state index in [1.807, 2.05) is 48.0 Å². The standard InChI is InChI=1S/C34H38FN5O2S/c1-2-36-34(41)28-11-8-12-29(35)33(28)43-26-15-16-27-30(38-40(31(27)23-26)32-13-3-6-22-42-32)17-14-24-9-7-10-25(37-24)18-21-39-19-4-5-20-39/h7-12,14-17,23,32H,2-6,13,18-22H2,1H3,(H,36,41)/b17-14+. The second kappa shape index (κ2) is 13.8. The Morgan fingerprint density at radius 2 is 1.95 bits per heavy atom. The maximum absolute atomic E-state index is 15.0. The number of nitrogens with one attached hydrogen (secondary N) is 1. The molecule has 0 saturated carbocycles. The summed E-state index contributed by atoms with van der Waals surface area (Å²) in [6, 6.07) is 16.8. The summed E-state index contributed by atoms with van der Waals surface area (Å²) in [6.07, 6.45) is 10.4. The molecule has 224 valence electrons. The van der Waals surface area contributed by atoms with E-state index in [9.17, 15) is 9.18 Å². The van der Waals surface area contributed by atoms with Crippen LogP contribution in [0.25, 0.3) is 23.1 Å². The van der Waals surface area contributed by atoms with Crippen molar-refractivity contribution in [2.45, 2.75) is 61.5 Å². The van der Waals surface area contributed by atoms with Crippen LogP contribution in [0.4, 0.5) is 4.39 Å². The second-order valence-corrected chi connectivity index (χ2v) is 12.2. The van der Waals surface area contributed by atoms with Crippen LogP contribution in [0.15, 0.2) is 64.4 Å². The van der Waals surface area contributed by atoms with Crippen molar-refractivity contribution < 1.29 is 13.9 Å². The number of benzene rings is 2. The quantitative estimate of drug-likeness (QED) is 0.212. The number of hydrogen-bond donors (Lipinski definition) is 1. The Morgan fingerprint density at radius 1 is 1.09 bits per heavy atom. The Labute approximate surface area is 256 Å². The molecule has 9 heteroatoms. The minimum absolute atomic E-state index is 0.162. The van der Waals surface area contributed by atoms with Crippen molar-refractivity contribution in [3.63, 3.8) is 0 Å². The molecule has 0 bridgehead atoms. The van der Waals surface area contributed by atoms with Crippen LogP contribution < -0.4 is 5.32 Å². The van der Waals surface area contributed by atoms with Gasteiger partial charge in [-0.05, 0) is 107 Å². The summed E-state index contributed by atoms with van der Waals surface area (Å²) in [5.41, 5.74) is 4.08. The van der Waals surface area contributed by atoms with Crippen molar-refractivity contribution in [2.75, 3.05) is 32.8 Å². The Hall–Kier alpha value is -3.53. The zero-order chi connectivity index (χ0) is 29.6. The fourth-order valence-corrected chi connectivity index (χ4v) is 6.78. The average molecular weight is 600 g/mol. The molecule has 0 spiro atoms. The fourth-order valence-electron chi connectivity index (χ4n) is 5.80. The van der Waals surface area contributed by atoms with Crippen LogP contribution in [0.2, 0.25) is 0 Å². The first-order valence-electron chi connectivity index (χ1n) is 15.3. The van der Waals surface area contributed by atoms with Crippen LogP contribution in [-0.4, -0.2) is 58.4 Å². The predicted octanol–water partition coefficient (Wildman–Crippen LogP) is 6.98. The average Bonchev–Trinajstić information content (AvgIpc) is 3.69. The van der Waals surface area contributed by atoms with Gasteiger partial charge in [-0.25, -0.2) is 9.07 Å². The van der Waals surface area contributed by atoms with Gasteiger partial charge in [0.25, 0.3) is 5.91 Å². The smallest absolute Gasteiger partial charge is 0.252 e. The first-order chi connectivity index (χ1) is 21.1. The molecule has 1 N–H and O–H groups in total. The number of halogens is 1. The predicted molar refractivity (Wildman–Crippen MR) is 170 cm³/mol. The Morgan fingerprint density at radius 3 is 2.77 bits per heavy atom. The molecule has 2 fully saturated rings. The van der Waals surface area contributed by atoms with Crippen molar-refractivity contribution in [1.29, 1.82) is 0 Å². The molecule has 4 aromatic rings. The molecule has 2 aliphatic rings. The summed E-state index contributed by atoms with van der Waals surface area (Å²) < 4.78 is 23.1. The number of amides is 1. The van der Waals surface area contributed by atoms with E-state index in [1.54, 1.807) is 12.1 Å². The number of nitrogens with zero attached hydrogens (tertiary/aromatic N) is 4. The topological polar surface area (TPSA) is 72.3 Å². The highest BCUT2D eigenvalue weighted by Crippen LogP contribution is 2.36. The van der Waals surface area contributed by atoms with E-state index in [-0.39, 0.29) is 12.1 Å². The van der Waals surface area contributed by atoms with E-state index in [0.717, 1.165) is 65.1 Å². The van der Waals surface area contributed by atoms with Crippen LogP contribution in [0.1, 0.15) is 72.7 Å². The third-order valence-electron chi connectivity index (χ3n) is 8.03. The van der Waals surface area contributed by atoms with Gasteiger partial charge in [0.1, 0.15) is 5.82 Å². The number of rotatable bonds is 10. The molecule has 2 aromatic carbocycles. The fraction of sp³-hybridized carbons (Fsp3) is 0.382. The SMILES string of the molecule is CCNC(=O)c1cccc(F)c1Sc1ccc2c(/C=C/c3cccc(CCN4CCCC4)n3)nn(C3CCCCO3)c2c1. The third kappa shape index (κ3) is 7.00. The van der Waals surface area contributed by atoms with E-state index in [4.69, 9.17) is 14.8 Å². The molecule has 0 aliphatic carbocycles. The summed E-state index contributed by atoms with van der Waals surface area (Å²) >= 11 is 1.25. The number of pyridine rings is 1. The Kier molecular flexibility index (Phi) is 9.51. The first kappa shape index (κ1) is 29.5. The summed E-state index contributed by atoms with van der Waals surface area (Å²) in [4.78, 5) is 21.2. The van der Waals surface area contributed by atoms with E-state index in [1.165, 1.54) is 43.8 Å². The Balaban J connectivity index is 1.29. The van der Waals surface area contributed by atoms with Gasteiger partial charge in [0.15, 0.2) is 6.23 Å². The summed E-state index contributed by atoms with van der Waals surface area (Å²) in [6.45, 7) is 6.45. The molecule has 2 saturated heterocycles.